The highest BCUT2D eigenvalue weighted by Crippen LogP contribution is 2.16. The van der Waals surface area contributed by atoms with Crippen LogP contribution in [-0.4, -0.2) is 13.2 Å². The van der Waals surface area contributed by atoms with Crippen molar-refractivity contribution >= 4 is 0 Å². The first-order valence-electron chi connectivity index (χ1n) is 5.69. The Balaban J connectivity index is 2.55. The van der Waals surface area contributed by atoms with E-state index in [0.29, 0.717) is 0 Å². The second-order valence-electron chi connectivity index (χ2n) is 3.62. The average molecular weight is 207 g/mol. The van der Waals surface area contributed by atoms with Crippen molar-refractivity contribution in [3.63, 3.8) is 0 Å². The standard InChI is InChI=1S/C13H21NO/c1-4-14-10-12-6-8-13(9-7-12)11(3)15-5-2/h6-9,11,14H,4-5,10H2,1-3H3. The third kappa shape index (κ3) is 4.02. The maximum atomic E-state index is 5.53. The van der Waals surface area contributed by atoms with Gasteiger partial charge in [-0.05, 0) is 31.5 Å². The van der Waals surface area contributed by atoms with Crippen LogP contribution in [0.15, 0.2) is 24.3 Å². The van der Waals surface area contributed by atoms with Gasteiger partial charge in [0, 0.05) is 13.2 Å². The van der Waals surface area contributed by atoms with Crippen LogP contribution in [0.2, 0.25) is 0 Å². The predicted molar refractivity (Wildman–Crippen MR) is 63.9 cm³/mol. The van der Waals surface area contributed by atoms with Gasteiger partial charge in [-0.1, -0.05) is 31.2 Å². The molecule has 0 amide bonds. The Labute approximate surface area is 92.6 Å². The molecule has 2 heteroatoms. The molecule has 1 rings (SSSR count). The Morgan fingerprint density at radius 3 is 2.40 bits per heavy atom. The van der Waals surface area contributed by atoms with Gasteiger partial charge in [-0.25, -0.2) is 0 Å². The lowest BCUT2D eigenvalue weighted by Crippen LogP contribution is -2.11. The van der Waals surface area contributed by atoms with Crippen LogP contribution in [0.4, 0.5) is 0 Å². The van der Waals surface area contributed by atoms with Crippen molar-refractivity contribution in [2.75, 3.05) is 13.2 Å². The highest BCUT2D eigenvalue weighted by molar-refractivity contribution is 5.23. The zero-order valence-corrected chi connectivity index (χ0v) is 9.92. The van der Waals surface area contributed by atoms with Crippen molar-refractivity contribution in [2.24, 2.45) is 0 Å². The molecule has 0 fully saturated rings. The molecule has 1 unspecified atom stereocenters. The summed E-state index contributed by atoms with van der Waals surface area (Å²) in [4.78, 5) is 0. The molecule has 0 bridgehead atoms. The summed E-state index contributed by atoms with van der Waals surface area (Å²) < 4.78 is 5.53. The van der Waals surface area contributed by atoms with E-state index < -0.39 is 0 Å². The first-order chi connectivity index (χ1) is 7.27. The van der Waals surface area contributed by atoms with Crippen LogP contribution in [0.25, 0.3) is 0 Å². The van der Waals surface area contributed by atoms with Gasteiger partial charge in [0.1, 0.15) is 0 Å². The minimum atomic E-state index is 0.197. The molecule has 0 aliphatic rings. The van der Waals surface area contributed by atoms with E-state index in [2.05, 4.69) is 43.4 Å². The molecule has 0 saturated heterocycles. The van der Waals surface area contributed by atoms with Gasteiger partial charge in [0.25, 0.3) is 0 Å². The zero-order valence-electron chi connectivity index (χ0n) is 9.92. The Morgan fingerprint density at radius 2 is 1.87 bits per heavy atom. The first-order valence-corrected chi connectivity index (χ1v) is 5.69. The molecule has 1 aromatic rings. The van der Waals surface area contributed by atoms with Gasteiger partial charge in [0.2, 0.25) is 0 Å². The fraction of sp³-hybridized carbons (Fsp3) is 0.538. The van der Waals surface area contributed by atoms with E-state index in [1.807, 2.05) is 6.92 Å². The molecule has 0 heterocycles. The summed E-state index contributed by atoms with van der Waals surface area (Å²) in [5, 5.41) is 3.31. The second kappa shape index (κ2) is 6.59. The van der Waals surface area contributed by atoms with E-state index in [-0.39, 0.29) is 6.10 Å². The number of hydrogen-bond acceptors (Lipinski definition) is 2. The van der Waals surface area contributed by atoms with Crippen LogP contribution in [0.1, 0.15) is 38.0 Å². The Bertz CT molecular complexity index is 268. The van der Waals surface area contributed by atoms with Crippen LogP contribution in [0, 0.1) is 0 Å². The van der Waals surface area contributed by atoms with Crippen molar-refractivity contribution in [1.29, 1.82) is 0 Å². The average Bonchev–Trinajstić information content (AvgIpc) is 2.27. The summed E-state index contributed by atoms with van der Waals surface area (Å²) in [6.45, 7) is 8.95. The van der Waals surface area contributed by atoms with Crippen LogP contribution in [-0.2, 0) is 11.3 Å². The molecule has 15 heavy (non-hydrogen) atoms. The molecule has 0 saturated carbocycles. The van der Waals surface area contributed by atoms with Crippen molar-refractivity contribution in [3.8, 4) is 0 Å². The van der Waals surface area contributed by atoms with Crippen molar-refractivity contribution in [1.82, 2.24) is 5.32 Å². The SMILES string of the molecule is CCNCc1ccc(C(C)OCC)cc1. The third-order valence-corrected chi connectivity index (χ3v) is 2.44. The van der Waals surface area contributed by atoms with Gasteiger partial charge in [0.15, 0.2) is 0 Å². The van der Waals surface area contributed by atoms with E-state index in [4.69, 9.17) is 4.74 Å². The lowest BCUT2D eigenvalue weighted by molar-refractivity contribution is 0.0764. The van der Waals surface area contributed by atoms with E-state index in [1.165, 1.54) is 11.1 Å². The van der Waals surface area contributed by atoms with Crippen LogP contribution in [0.5, 0.6) is 0 Å². The maximum Gasteiger partial charge on any atom is 0.0796 e. The Hall–Kier alpha value is -0.860. The summed E-state index contributed by atoms with van der Waals surface area (Å²) in [7, 11) is 0. The largest absolute Gasteiger partial charge is 0.374 e. The number of nitrogens with one attached hydrogen (secondary N) is 1. The molecule has 1 aromatic carbocycles. The zero-order chi connectivity index (χ0) is 11.1. The predicted octanol–water partition coefficient (Wildman–Crippen LogP) is 2.89. The second-order valence-corrected chi connectivity index (χ2v) is 3.62. The summed E-state index contributed by atoms with van der Waals surface area (Å²) in [5.74, 6) is 0. The molecule has 0 aromatic heterocycles. The maximum absolute atomic E-state index is 5.53. The summed E-state index contributed by atoms with van der Waals surface area (Å²) >= 11 is 0. The third-order valence-electron chi connectivity index (χ3n) is 2.44. The van der Waals surface area contributed by atoms with Gasteiger partial charge >= 0.3 is 0 Å². The van der Waals surface area contributed by atoms with Gasteiger partial charge in [-0.2, -0.15) is 0 Å². The van der Waals surface area contributed by atoms with Crippen molar-refractivity contribution in [3.05, 3.63) is 35.4 Å². The molecule has 1 atom stereocenters. The van der Waals surface area contributed by atoms with Crippen molar-refractivity contribution in [2.45, 2.75) is 33.4 Å². The fourth-order valence-corrected chi connectivity index (χ4v) is 1.52. The summed E-state index contributed by atoms with van der Waals surface area (Å²) in [5.41, 5.74) is 2.57. The van der Waals surface area contributed by atoms with Gasteiger partial charge in [-0.3, -0.25) is 0 Å². The van der Waals surface area contributed by atoms with Crippen LogP contribution < -0.4 is 5.32 Å². The topological polar surface area (TPSA) is 21.3 Å². The Morgan fingerprint density at radius 1 is 1.20 bits per heavy atom. The highest BCUT2D eigenvalue weighted by atomic mass is 16.5. The molecular formula is C13H21NO. The number of rotatable bonds is 6. The van der Waals surface area contributed by atoms with E-state index in [0.717, 1.165) is 19.7 Å². The van der Waals surface area contributed by atoms with E-state index >= 15 is 0 Å². The first kappa shape index (κ1) is 12.2. The quantitative estimate of drug-likeness (QED) is 0.774. The lowest BCUT2D eigenvalue weighted by Gasteiger charge is -2.12. The van der Waals surface area contributed by atoms with Gasteiger partial charge in [0.05, 0.1) is 6.10 Å². The minimum Gasteiger partial charge on any atom is -0.374 e. The number of benzene rings is 1. The monoisotopic (exact) mass is 207 g/mol. The van der Waals surface area contributed by atoms with Crippen molar-refractivity contribution < 1.29 is 4.74 Å². The normalized spacial score (nSPS) is 12.7. The molecule has 2 nitrogen and oxygen atoms in total. The van der Waals surface area contributed by atoms with Gasteiger partial charge in [-0.15, -0.1) is 0 Å². The summed E-state index contributed by atoms with van der Waals surface area (Å²) in [6, 6.07) is 8.61. The van der Waals surface area contributed by atoms with E-state index in [1.54, 1.807) is 0 Å². The molecule has 1 N–H and O–H groups in total. The summed E-state index contributed by atoms with van der Waals surface area (Å²) in [6.07, 6.45) is 0.197. The molecule has 84 valence electrons. The minimum absolute atomic E-state index is 0.197. The smallest absolute Gasteiger partial charge is 0.0796 e. The van der Waals surface area contributed by atoms with Gasteiger partial charge < -0.3 is 10.1 Å². The molecule has 0 radical (unpaired) electrons. The number of ether oxygens (including phenoxy) is 1. The van der Waals surface area contributed by atoms with Crippen LogP contribution in [0.3, 0.4) is 0 Å². The lowest BCUT2D eigenvalue weighted by atomic mass is 10.1. The van der Waals surface area contributed by atoms with E-state index in [9.17, 15) is 0 Å². The fourth-order valence-electron chi connectivity index (χ4n) is 1.52. The van der Waals surface area contributed by atoms with Crippen LogP contribution >= 0.6 is 0 Å². The Kier molecular flexibility index (Phi) is 5.37. The molecule has 0 aliphatic carbocycles. The highest BCUT2D eigenvalue weighted by Gasteiger charge is 2.03. The molecular weight excluding hydrogens is 186 g/mol. The number of hydrogen-bond donors (Lipinski definition) is 1. The molecule has 0 spiro atoms. The molecule has 0 aliphatic heterocycles.